The Balaban J connectivity index is 1.92. The van der Waals surface area contributed by atoms with Gasteiger partial charge in [-0.15, -0.1) is 10.2 Å². The fourth-order valence-corrected chi connectivity index (χ4v) is 4.10. The molecule has 146 valence electrons. The molecule has 0 fully saturated rings. The van der Waals surface area contributed by atoms with Gasteiger partial charge in [-0.25, -0.2) is 14.4 Å². The van der Waals surface area contributed by atoms with E-state index in [1.807, 2.05) is 11.5 Å². The molecule has 0 bridgehead atoms. The van der Waals surface area contributed by atoms with Gasteiger partial charge in [0, 0.05) is 18.1 Å². The maximum absolute atomic E-state index is 13.4. The predicted octanol–water partition coefficient (Wildman–Crippen LogP) is 3.53. The lowest BCUT2D eigenvalue weighted by molar-refractivity contribution is -0.140. The molecule has 7 nitrogen and oxygen atoms in total. The van der Waals surface area contributed by atoms with Crippen molar-refractivity contribution in [2.24, 2.45) is 0 Å². The van der Waals surface area contributed by atoms with Crippen molar-refractivity contribution < 1.29 is 13.9 Å². The Kier molecular flexibility index (Phi) is 6.99. The van der Waals surface area contributed by atoms with Crippen LogP contribution < -0.4 is 0 Å². The van der Waals surface area contributed by atoms with Gasteiger partial charge in [0.15, 0.2) is 10.3 Å². The molecule has 0 aliphatic rings. The molecule has 2 heterocycles. The van der Waals surface area contributed by atoms with E-state index in [1.165, 1.54) is 42.8 Å². The van der Waals surface area contributed by atoms with Crippen LogP contribution in [0.2, 0.25) is 0 Å². The molecule has 0 aliphatic heterocycles. The number of rotatable bonds is 8. The van der Waals surface area contributed by atoms with Gasteiger partial charge in [0.25, 0.3) is 0 Å². The third-order valence-electron chi connectivity index (χ3n) is 3.74. The Labute approximate surface area is 170 Å². The molecule has 0 amide bonds. The lowest BCUT2D eigenvalue weighted by Gasteiger charge is -2.14. The number of carbonyl (C=O) groups excluding carboxylic acids is 1. The van der Waals surface area contributed by atoms with E-state index in [9.17, 15) is 9.18 Å². The summed E-state index contributed by atoms with van der Waals surface area (Å²) in [4.78, 5) is 20.4. The van der Waals surface area contributed by atoms with Crippen molar-refractivity contribution in [2.45, 2.75) is 34.7 Å². The summed E-state index contributed by atoms with van der Waals surface area (Å²) in [6.45, 7) is 1.90. The van der Waals surface area contributed by atoms with Crippen molar-refractivity contribution >= 4 is 29.5 Å². The van der Waals surface area contributed by atoms with Gasteiger partial charge in [0.1, 0.15) is 16.9 Å². The number of methoxy groups -OCH3 is 1. The number of hydrogen-bond donors (Lipinski definition) is 0. The highest BCUT2D eigenvalue weighted by molar-refractivity contribution is 8.00. The summed E-state index contributed by atoms with van der Waals surface area (Å²) in [6, 6.07) is 7.79. The summed E-state index contributed by atoms with van der Waals surface area (Å²) < 4.78 is 20.1. The molecule has 3 rings (SSSR count). The number of halogens is 1. The smallest absolute Gasteiger partial charge is 0.319 e. The fourth-order valence-electron chi connectivity index (χ4n) is 2.37. The molecular weight excluding hydrogens is 401 g/mol. The molecule has 0 N–H and O–H groups in total. The second kappa shape index (κ2) is 9.65. The van der Waals surface area contributed by atoms with Crippen LogP contribution in [0.25, 0.3) is 5.69 Å². The van der Waals surface area contributed by atoms with E-state index in [2.05, 4.69) is 20.2 Å². The highest BCUT2D eigenvalue weighted by atomic mass is 32.2. The third kappa shape index (κ3) is 4.87. The van der Waals surface area contributed by atoms with Gasteiger partial charge in [0.05, 0.1) is 12.9 Å². The summed E-state index contributed by atoms with van der Waals surface area (Å²) >= 11 is 2.68. The minimum atomic E-state index is -0.411. The Morgan fingerprint density at radius 2 is 1.93 bits per heavy atom. The van der Waals surface area contributed by atoms with Gasteiger partial charge in [-0.2, -0.15) is 0 Å². The molecule has 1 aromatic carbocycles. The number of benzene rings is 1. The van der Waals surface area contributed by atoms with Crippen molar-refractivity contribution in [3.05, 3.63) is 54.4 Å². The average molecular weight is 420 g/mol. The van der Waals surface area contributed by atoms with Crippen LogP contribution in [0.3, 0.4) is 0 Å². The Bertz CT molecular complexity index is 921. The van der Waals surface area contributed by atoms with Crippen LogP contribution in [-0.2, 0) is 15.3 Å². The first kappa shape index (κ1) is 20.3. The second-order valence-electron chi connectivity index (χ2n) is 5.57. The fraction of sp³-hybridized carbons (Fsp3) is 0.278. The molecule has 0 aliphatic carbocycles. The molecule has 0 spiro atoms. The van der Waals surface area contributed by atoms with Crippen LogP contribution in [0.15, 0.2) is 53.0 Å². The quantitative estimate of drug-likeness (QED) is 0.312. The molecule has 3 aromatic rings. The van der Waals surface area contributed by atoms with Crippen molar-refractivity contribution in [2.75, 3.05) is 7.11 Å². The van der Waals surface area contributed by atoms with Crippen molar-refractivity contribution in [3.63, 3.8) is 0 Å². The highest BCUT2D eigenvalue weighted by Crippen LogP contribution is 2.30. The average Bonchev–Trinajstić information content (AvgIpc) is 3.13. The van der Waals surface area contributed by atoms with E-state index in [0.29, 0.717) is 34.0 Å². The summed E-state index contributed by atoms with van der Waals surface area (Å²) in [7, 11) is 1.36. The number of carbonyl (C=O) groups is 1. The van der Waals surface area contributed by atoms with Crippen LogP contribution in [0, 0.1) is 5.82 Å². The van der Waals surface area contributed by atoms with Crippen molar-refractivity contribution in [1.29, 1.82) is 0 Å². The van der Waals surface area contributed by atoms with E-state index in [0.717, 1.165) is 0 Å². The molecule has 0 radical (unpaired) electrons. The van der Waals surface area contributed by atoms with E-state index in [1.54, 1.807) is 30.6 Å². The van der Waals surface area contributed by atoms with E-state index < -0.39 is 5.25 Å². The van der Waals surface area contributed by atoms with Crippen LogP contribution in [0.4, 0.5) is 4.39 Å². The number of ether oxygens (including phenoxy) is 1. The molecule has 0 unspecified atom stereocenters. The zero-order valence-electron chi connectivity index (χ0n) is 15.3. The molecule has 2 aromatic heterocycles. The topological polar surface area (TPSA) is 82.8 Å². The van der Waals surface area contributed by atoms with E-state index in [4.69, 9.17) is 4.74 Å². The van der Waals surface area contributed by atoms with Crippen LogP contribution in [0.1, 0.15) is 19.2 Å². The molecule has 28 heavy (non-hydrogen) atoms. The second-order valence-corrected chi connectivity index (χ2v) is 7.68. The molecule has 0 saturated heterocycles. The lowest BCUT2D eigenvalue weighted by atomic mass is 10.3. The molecule has 1 atom stereocenters. The van der Waals surface area contributed by atoms with Gasteiger partial charge in [-0.05, 0) is 36.8 Å². The maximum atomic E-state index is 13.4. The first-order valence-electron chi connectivity index (χ1n) is 8.47. The SMILES string of the molecule is CC[C@@H](Sc1nnc(CSc2ncccn2)n1-c1ccc(F)cc1)C(=O)OC. The molecule has 10 heteroatoms. The zero-order chi connectivity index (χ0) is 19.9. The van der Waals surface area contributed by atoms with Gasteiger partial charge in [0.2, 0.25) is 0 Å². The molecule has 0 saturated carbocycles. The third-order valence-corrected chi connectivity index (χ3v) is 5.90. The standard InChI is InChI=1S/C18H18FN5O2S2/c1-3-14(16(25)26-2)28-18-23-22-15(11-27-17-20-9-4-10-21-17)24(18)13-7-5-12(19)6-8-13/h4-10,14H,3,11H2,1-2H3/t14-/m1/s1. The highest BCUT2D eigenvalue weighted by Gasteiger charge is 2.24. The van der Waals surface area contributed by atoms with Gasteiger partial charge in [-0.3, -0.25) is 9.36 Å². The largest absolute Gasteiger partial charge is 0.468 e. The first-order chi connectivity index (χ1) is 13.6. The van der Waals surface area contributed by atoms with Gasteiger partial charge in [-0.1, -0.05) is 30.4 Å². The zero-order valence-corrected chi connectivity index (χ0v) is 16.9. The van der Waals surface area contributed by atoms with Crippen molar-refractivity contribution in [1.82, 2.24) is 24.7 Å². The lowest BCUT2D eigenvalue weighted by Crippen LogP contribution is -2.18. The normalized spacial score (nSPS) is 12.0. The number of thioether (sulfide) groups is 2. The number of nitrogens with zero attached hydrogens (tertiary/aromatic N) is 5. The maximum Gasteiger partial charge on any atom is 0.319 e. The van der Waals surface area contributed by atoms with Crippen molar-refractivity contribution in [3.8, 4) is 5.69 Å². The van der Waals surface area contributed by atoms with Crippen LogP contribution in [0.5, 0.6) is 0 Å². The number of esters is 1. The summed E-state index contributed by atoms with van der Waals surface area (Å²) in [5.41, 5.74) is 0.707. The number of aromatic nitrogens is 5. The summed E-state index contributed by atoms with van der Waals surface area (Å²) in [5, 5.41) is 9.27. The minimum absolute atomic E-state index is 0.324. The summed E-state index contributed by atoms with van der Waals surface area (Å²) in [6.07, 6.45) is 3.92. The Morgan fingerprint density at radius 3 is 2.57 bits per heavy atom. The Hall–Kier alpha value is -2.46. The minimum Gasteiger partial charge on any atom is -0.468 e. The predicted molar refractivity (Wildman–Crippen MR) is 105 cm³/mol. The first-order valence-corrected chi connectivity index (χ1v) is 10.3. The van der Waals surface area contributed by atoms with Crippen LogP contribution in [-0.4, -0.2) is 43.1 Å². The van der Waals surface area contributed by atoms with Gasteiger partial charge >= 0.3 is 5.97 Å². The van der Waals surface area contributed by atoms with E-state index in [-0.39, 0.29) is 11.8 Å². The van der Waals surface area contributed by atoms with E-state index >= 15 is 0 Å². The monoisotopic (exact) mass is 419 g/mol. The molecular formula is C18H18FN5O2S2. The number of hydrogen-bond acceptors (Lipinski definition) is 8. The Morgan fingerprint density at radius 1 is 1.21 bits per heavy atom. The van der Waals surface area contributed by atoms with Crippen LogP contribution >= 0.6 is 23.5 Å². The summed E-state index contributed by atoms with van der Waals surface area (Å²) in [5.74, 6) is 0.450. The van der Waals surface area contributed by atoms with Gasteiger partial charge < -0.3 is 4.74 Å².